The van der Waals surface area contributed by atoms with Crippen LogP contribution in [0.25, 0.3) is 0 Å². The van der Waals surface area contributed by atoms with Crippen LogP contribution in [0.5, 0.6) is 0 Å². The number of fused-ring (bicyclic) bond motifs is 1. The second-order valence-electron chi connectivity index (χ2n) is 5.43. The monoisotopic (exact) mass is 304 g/mol. The number of hydrogen-bond acceptors (Lipinski definition) is 3. The molecule has 0 saturated carbocycles. The Morgan fingerprint density at radius 3 is 2.82 bits per heavy atom. The summed E-state index contributed by atoms with van der Waals surface area (Å²) < 4.78 is 0. The summed E-state index contributed by atoms with van der Waals surface area (Å²) >= 11 is 0. The van der Waals surface area contributed by atoms with E-state index in [4.69, 9.17) is 0 Å². The van der Waals surface area contributed by atoms with Crippen LogP contribution in [0.15, 0.2) is 24.3 Å². The number of rotatable bonds is 6. The summed E-state index contributed by atoms with van der Waals surface area (Å²) in [5.74, 6) is -2.34. The zero-order valence-electron chi connectivity index (χ0n) is 12.5. The number of aliphatic carboxylic acids is 1. The molecular weight excluding hydrogens is 284 g/mol. The van der Waals surface area contributed by atoms with Crippen LogP contribution in [0.2, 0.25) is 0 Å². The van der Waals surface area contributed by atoms with E-state index in [9.17, 15) is 19.5 Å². The molecule has 1 aliphatic heterocycles. The molecule has 2 rings (SSSR count). The summed E-state index contributed by atoms with van der Waals surface area (Å²) in [5.41, 5.74) is 1.33. The van der Waals surface area contributed by atoms with Crippen molar-refractivity contribution in [2.75, 3.05) is 5.32 Å². The quantitative estimate of drug-likeness (QED) is 0.747. The van der Waals surface area contributed by atoms with Crippen molar-refractivity contribution in [2.24, 2.45) is 0 Å². The SMILES string of the molecule is CCCC[C@H](NC(=O)C1CC(=O)Nc2ccccc21)C(=O)O. The number of carboxylic acids is 1. The van der Waals surface area contributed by atoms with Crippen LogP contribution in [-0.2, 0) is 14.4 Å². The van der Waals surface area contributed by atoms with Crippen LogP contribution in [0.4, 0.5) is 5.69 Å². The average molecular weight is 304 g/mol. The smallest absolute Gasteiger partial charge is 0.326 e. The predicted octanol–water partition coefficient (Wildman–Crippen LogP) is 1.87. The predicted molar refractivity (Wildman–Crippen MR) is 81.5 cm³/mol. The summed E-state index contributed by atoms with van der Waals surface area (Å²) in [6.45, 7) is 1.96. The Morgan fingerprint density at radius 2 is 2.14 bits per heavy atom. The Balaban J connectivity index is 2.15. The highest BCUT2D eigenvalue weighted by molar-refractivity contribution is 6.01. The van der Waals surface area contributed by atoms with E-state index in [1.54, 1.807) is 24.3 Å². The van der Waals surface area contributed by atoms with E-state index in [0.717, 1.165) is 18.4 Å². The van der Waals surface area contributed by atoms with Gasteiger partial charge in [0.2, 0.25) is 11.8 Å². The third-order valence-electron chi connectivity index (χ3n) is 3.78. The van der Waals surface area contributed by atoms with Gasteiger partial charge < -0.3 is 15.7 Å². The fourth-order valence-corrected chi connectivity index (χ4v) is 2.58. The van der Waals surface area contributed by atoms with E-state index in [1.165, 1.54) is 0 Å². The first-order valence-electron chi connectivity index (χ1n) is 7.45. The molecule has 0 aromatic heterocycles. The Kier molecular flexibility index (Phi) is 5.14. The van der Waals surface area contributed by atoms with Gasteiger partial charge in [0.05, 0.1) is 5.92 Å². The lowest BCUT2D eigenvalue weighted by molar-refractivity contribution is -0.142. The van der Waals surface area contributed by atoms with Crippen LogP contribution < -0.4 is 10.6 Å². The molecule has 2 atom stereocenters. The van der Waals surface area contributed by atoms with Gasteiger partial charge in [-0.15, -0.1) is 0 Å². The van der Waals surface area contributed by atoms with E-state index < -0.39 is 23.8 Å². The number of amides is 2. The number of benzene rings is 1. The first-order chi connectivity index (χ1) is 10.5. The van der Waals surface area contributed by atoms with Gasteiger partial charge in [-0.2, -0.15) is 0 Å². The highest BCUT2D eigenvalue weighted by atomic mass is 16.4. The number of anilines is 1. The zero-order valence-corrected chi connectivity index (χ0v) is 12.5. The summed E-state index contributed by atoms with van der Waals surface area (Å²) in [6.07, 6.45) is 1.99. The minimum atomic E-state index is -1.05. The van der Waals surface area contributed by atoms with Crippen molar-refractivity contribution in [1.29, 1.82) is 0 Å². The van der Waals surface area contributed by atoms with Crippen LogP contribution in [0.1, 0.15) is 44.1 Å². The van der Waals surface area contributed by atoms with Crippen molar-refractivity contribution < 1.29 is 19.5 Å². The highest BCUT2D eigenvalue weighted by Gasteiger charge is 2.32. The third-order valence-corrected chi connectivity index (χ3v) is 3.78. The second kappa shape index (κ2) is 7.06. The molecule has 0 radical (unpaired) electrons. The lowest BCUT2D eigenvalue weighted by atomic mass is 9.89. The molecule has 1 unspecified atom stereocenters. The van der Waals surface area contributed by atoms with Gasteiger partial charge >= 0.3 is 5.97 Å². The molecule has 0 bridgehead atoms. The minimum Gasteiger partial charge on any atom is -0.480 e. The highest BCUT2D eigenvalue weighted by Crippen LogP contribution is 2.32. The van der Waals surface area contributed by atoms with Crippen molar-refractivity contribution in [3.05, 3.63) is 29.8 Å². The minimum absolute atomic E-state index is 0.0307. The number of carbonyl (C=O) groups excluding carboxylic acids is 2. The Hall–Kier alpha value is -2.37. The number of hydrogen-bond donors (Lipinski definition) is 3. The molecule has 1 aromatic rings. The summed E-state index contributed by atoms with van der Waals surface area (Å²) in [7, 11) is 0. The molecule has 6 heteroatoms. The summed E-state index contributed by atoms with van der Waals surface area (Å²) in [5, 5.41) is 14.5. The molecule has 3 N–H and O–H groups in total. The maximum absolute atomic E-state index is 12.4. The van der Waals surface area contributed by atoms with Gasteiger partial charge in [0.1, 0.15) is 6.04 Å². The van der Waals surface area contributed by atoms with Gasteiger partial charge in [0, 0.05) is 12.1 Å². The van der Waals surface area contributed by atoms with Crippen LogP contribution in [-0.4, -0.2) is 28.9 Å². The zero-order chi connectivity index (χ0) is 16.1. The second-order valence-corrected chi connectivity index (χ2v) is 5.43. The van der Waals surface area contributed by atoms with Gasteiger partial charge in [-0.05, 0) is 18.1 Å². The summed E-state index contributed by atoms with van der Waals surface area (Å²) in [6, 6.07) is 6.17. The number of carboxylic acid groups (broad SMARTS) is 1. The van der Waals surface area contributed by atoms with Gasteiger partial charge in [-0.1, -0.05) is 38.0 Å². The van der Waals surface area contributed by atoms with E-state index in [1.807, 2.05) is 6.92 Å². The Labute approximate surface area is 128 Å². The fraction of sp³-hybridized carbons (Fsp3) is 0.438. The van der Waals surface area contributed by atoms with E-state index in [2.05, 4.69) is 10.6 Å². The van der Waals surface area contributed by atoms with Crippen molar-refractivity contribution in [3.8, 4) is 0 Å². The maximum Gasteiger partial charge on any atom is 0.326 e. The van der Waals surface area contributed by atoms with Crippen LogP contribution in [0, 0.1) is 0 Å². The molecule has 1 aromatic carbocycles. The average Bonchev–Trinajstić information content (AvgIpc) is 2.49. The first kappa shape index (κ1) is 16.0. The Bertz CT molecular complexity index is 585. The van der Waals surface area contributed by atoms with E-state index in [0.29, 0.717) is 12.1 Å². The number of carbonyl (C=O) groups is 3. The molecule has 0 fully saturated rings. The molecule has 0 saturated heterocycles. The van der Waals surface area contributed by atoms with Gasteiger partial charge in [-0.25, -0.2) is 4.79 Å². The summed E-state index contributed by atoms with van der Waals surface area (Å²) in [4.78, 5) is 35.4. The molecular formula is C16H20N2O4. The van der Waals surface area contributed by atoms with E-state index >= 15 is 0 Å². The molecule has 1 heterocycles. The van der Waals surface area contributed by atoms with E-state index in [-0.39, 0.29) is 12.3 Å². The van der Waals surface area contributed by atoms with Crippen molar-refractivity contribution >= 4 is 23.5 Å². The van der Waals surface area contributed by atoms with Gasteiger partial charge in [0.25, 0.3) is 0 Å². The van der Waals surface area contributed by atoms with Crippen molar-refractivity contribution in [1.82, 2.24) is 5.32 Å². The number of para-hydroxylation sites is 1. The number of unbranched alkanes of at least 4 members (excludes halogenated alkanes) is 1. The lowest BCUT2D eigenvalue weighted by Gasteiger charge is -2.26. The Morgan fingerprint density at radius 1 is 1.41 bits per heavy atom. The largest absolute Gasteiger partial charge is 0.480 e. The first-order valence-corrected chi connectivity index (χ1v) is 7.45. The molecule has 1 aliphatic rings. The van der Waals surface area contributed by atoms with Crippen molar-refractivity contribution in [3.63, 3.8) is 0 Å². The molecule has 0 aliphatic carbocycles. The fourth-order valence-electron chi connectivity index (χ4n) is 2.58. The maximum atomic E-state index is 12.4. The molecule has 118 valence electrons. The standard InChI is InChI=1S/C16H20N2O4/c1-2-3-7-13(16(21)22)18-15(20)11-9-14(19)17-12-8-5-4-6-10(11)12/h4-6,8,11,13H,2-3,7,9H2,1H3,(H,17,19)(H,18,20)(H,21,22)/t11?,13-/m0/s1. The molecule has 2 amide bonds. The molecule has 0 spiro atoms. The molecule has 22 heavy (non-hydrogen) atoms. The topological polar surface area (TPSA) is 95.5 Å². The van der Waals surface area contributed by atoms with Crippen molar-refractivity contribution in [2.45, 2.75) is 44.6 Å². The normalized spacial score (nSPS) is 18.0. The third kappa shape index (κ3) is 3.63. The molecule has 6 nitrogen and oxygen atoms in total. The van der Waals surface area contributed by atoms with Crippen LogP contribution in [0.3, 0.4) is 0 Å². The number of nitrogens with one attached hydrogen (secondary N) is 2. The lowest BCUT2D eigenvalue weighted by Crippen LogP contribution is -2.44. The van der Waals surface area contributed by atoms with Gasteiger partial charge in [0.15, 0.2) is 0 Å². The van der Waals surface area contributed by atoms with Crippen LogP contribution >= 0.6 is 0 Å². The van der Waals surface area contributed by atoms with Gasteiger partial charge in [-0.3, -0.25) is 9.59 Å².